The molecule has 2 aromatic rings. The summed E-state index contributed by atoms with van der Waals surface area (Å²) in [7, 11) is 3.74. The fourth-order valence-electron chi connectivity index (χ4n) is 2.78. The molecule has 0 aromatic heterocycles. The molecule has 4 nitrogen and oxygen atoms in total. The average molecular weight is 402 g/mol. The van der Waals surface area contributed by atoms with Crippen LogP contribution in [0.4, 0.5) is 5.69 Å². The van der Waals surface area contributed by atoms with E-state index in [1.54, 1.807) is 23.7 Å². The monoisotopic (exact) mass is 401 g/mol. The number of fused-ring (bicyclic) bond motifs is 1. The Labute approximate surface area is 165 Å². The smallest absolute Gasteiger partial charge is 0.269 e. The summed E-state index contributed by atoms with van der Waals surface area (Å²) in [6.45, 7) is 0.558. The van der Waals surface area contributed by atoms with E-state index in [0.29, 0.717) is 16.5 Å². The Morgan fingerprint density at radius 1 is 1.04 bits per heavy atom. The summed E-state index contributed by atoms with van der Waals surface area (Å²) in [6.07, 6.45) is 0. The second-order valence-corrected chi connectivity index (χ2v) is 8.40. The highest BCUT2D eigenvalue weighted by atomic mass is 35.5. The molecular formula is C19H16ClN3OS2. The van der Waals surface area contributed by atoms with Crippen molar-refractivity contribution in [1.82, 2.24) is 4.90 Å². The van der Waals surface area contributed by atoms with E-state index >= 15 is 0 Å². The molecule has 0 aliphatic carbocycles. The van der Waals surface area contributed by atoms with Gasteiger partial charge in [-0.15, -0.1) is 0 Å². The lowest BCUT2D eigenvalue weighted by Crippen LogP contribution is -2.25. The van der Waals surface area contributed by atoms with E-state index in [2.05, 4.69) is 4.99 Å². The van der Waals surface area contributed by atoms with Gasteiger partial charge in [-0.3, -0.25) is 14.7 Å². The lowest BCUT2D eigenvalue weighted by Gasteiger charge is -2.14. The number of thioether (sulfide) groups is 2. The molecule has 26 heavy (non-hydrogen) atoms. The third-order valence-corrected chi connectivity index (χ3v) is 6.97. The minimum absolute atomic E-state index is 0.0185. The summed E-state index contributed by atoms with van der Waals surface area (Å²) in [5.74, 6) is -0.0185. The van der Waals surface area contributed by atoms with E-state index in [-0.39, 0.29) is 5.91 Å². The largest absolute Gasteiger partial charge is 0.337 e. The Morgan fingerprint density at radius 3 is 2.58 bits per heavy atom. The van der Waals surface area contributed by atoms with E-state index in [1.165, 1.54) is 11.8 Å². The predicted octanol–water partition coefficient (Wildman–Crippen LogP) is 4.81. The van der Waals surface area contributed by atoms with Gasteiger partial charge < -0.3 is 4.90 Å². The number of carbonyl (C=O) groups is 1. The van der Waals surface area contributed by atoms with Crippen molar-refractivity contribution in [3.63, 3.8) is 0 Å². The van der Waals surface area contributed by atoms with Crippen LogP contribution in [0.25, 0.3) is 0 Å². The summed E-state index contributed by atoms with van der Waals surface area (Å²) in [5, 5.41) is 2.34. The fourth-order valence-corrected chi connectivity index (χ4v) is 5.23. The highest BCUT2D eigenvalue weighted by Crippen LogP contribution is 2.50. The molecule has 1 saturated heterocycles. The molecule has 2 heterocycles. The van der Waals surface area contributed by atoms with Crippen LogP contribution in [0.2, 0.25) is 5.02 Å². The number of halogens is 1. The zero-order valence-electron chi connectivity index (χ0n) is 14.3. The lowest BCUT2D eigenvalue weighted by molar-refractivity contribution is -0.121. The van der Waals surface area contributed by atoms with Gasteiger partial charge in [-0.25, -0.2) is 0 Å². The molecule has 0 unspecified atom stereocenters. The van der Waals surface area contributed by atoms with Crippen molar-refractivity contribution >= 4 is 51.9 Å². The summed E-state index contributed by atoms with van der Waals surface area (Å²) in [4.78, 5) is 22.9. The topological polar surface area (TPSA) is 35.9 Å². The molecule has 2 aromatic carbocycles. The molecule has 0 bridgehead atoms. The highest BCUT2D eigenvalue weighted by Gasteiger charge is 2.37. The van der Waals surface area contributed by atoms with Crippen LogP contribution in [0.3, 0.4) is 0 Å². The Bertz CT molecular complexity index is 943. The van der Waals surface area contributed by atoms with Crippen LogP contribution in [-0.2, 0) is 11.3 Å². The van der Waals surface area contributed by atoms with Crippen molar-refractivity contribution in [2.75, 3.05) is 19.0 Å². The maximum Gasteiger partial charge on any atom is 0.269 e. The van der Waals surface area contributed by atoms with E-state index in [1.807, 2.05) is 60.5 Å². The first-order valence-corrected chi connectivity index (χ1v) is 10.1. The van der Waals surface area contributed by atoms with Crippen molar-refractivity contribution in [2.45, 2.75) is 11.4 Å². The minimum atomic E-state index is -0.0185. The van der Waals surface area contributed by atoms with Crippen LogP contribution in [-0.4, -0.2) is 30.1 Å². The molecule has 2 aliphatic heterocycles. The molecule has 132 valence electrons. The van der Waals surface area contributed by atoms with Crippen LogP contribution >= 0.6 is 35.1 Å². The molecule has 4 rings (SSSR count). The number of hydrogen-bond donors (Lipinski definition) is 0. The second-order valence-electron chi connectivity index (χ2n) is 5.96. The molecule has 0 radical (unpaired) electrons. The summed E-state index contributed by atoms with van der Waals surface area (Å²) < 4.78 is 0. The number of aliphatic imine (C=N–C) groups is 1. The average Bonchev–Trinajstić information content (AvgIpc) is 3.12. The molecule has 7 heteroatoms. The minimum Gasteiger partial charge on any atom is -0.337 e. The zero-order chi connectivity index (χ0) is 18.3. The van der Waals surface area contributed by atoms with Gasteiger partial charge in [0.15, 0.2) is 5.17 Å². The van der Waals surface area contributed by atoms with Crippen LogP contribution in [0.15, 0.2) is 68.4 Å². The number of amides is 1. The standard InChI is InChI=1S/C19H16ClN3OS2/c1-22-14-10-13(20)8-9-15(14)25-18(22)16-17(24)23(2)19(26-16)21-11-12-6-4-3-5-7-12/h3-10H,11H2,1-2H3. The Balaban J connectivity index is 1.62. The molecule has 0 N–H and O–H groups in total. The number of carbonyl (C=O) groups excluding carboxylic acids is 1. The van der Waals surface area contributed by atoms with E-state index in [0.717, 1.165) is 26.3 Å². The molecule has 2 aliphatic rings. The summed E-state index contributed by atoms with van der Waals surface area (Å²) in [6, 6.07) is 15.8. The van der Waals surface area contributed by atoms with Gasteiger partial charge in [0.2, 0.25) is 0 Å². The number of likely N-dealkylation sites (N-methyl/N-ethyl adjacent to an activating group) is 1. The van der Waals surface area contributed by atoms with Gasteiger partial charge in [-0.1, -0.05) is 53.7 Å². The first-order chi connectivity index (χ1) is 12.5. The zero-order valence-corrected chi connectivity index (χ0v) is 16.7. The summed E-state index contributed by atoms with van der Waals surface area (Å²) >= 11 is 9.15. The molecule has 0 saturated carbocycles. The number of rotatable bonds is 2. The van der Waals surface area contributed by atoms with E-state index < -0.39 is 0 Å². The maximum absolute atomic E-state index is 12.8. The third-order valence-electron chi connectivity index (χ3n) is 4.21. The van der Waals surface area contributed by atoms with E-state index in [9.17, 15) is 4.79 Å². The van der Waals surface area contributed by atoms with Gasteiger partial charge >= 0.3 is 0 Å². The van der Waals surface area contributed by atoms with Gasteiger partial charge in [0.25, 0.3) is 5.91 Å². The normalized spacial score (nSPS) is 21.0. The number of amidine groups is 1. The van der Waals surface area contributed by atoms with Crippen LogP contribution in [0.1, 0.15) is 5.56 Å². The Hall–Kier alpha value is -1.89. The molecule has 1 fully saturated rings. The van der Waals surface area contributed by atoms with Crippen molar-refractivity contribution in [1.29, 1.82) is 0 Å². The Morgan fingerprint density at radius 2 is 1.81 bits per heavy atom. The lowest BCUT2D eigenvalue weighted by atomic mass is 10.2. The van der Waals surface area contributed by atoms with Gasteiger partial charge in [0.1, 0.15) is 4.91 Å². The summed E-state index contributed by atoms with van der Waals surface area (Å²) in [5.41, 5.74) is 2.15. The Kier molecular flexibility index (Phi) is 4.73. The van der Waals surface area contributed by atoms with Crippen LogP contribution in [0, 0.1) is 0 Å². The first-order valence-electron chi connectivity index (χ1n) is 8.04. The SMILES string of the molecule is CN1C(=O)C(=C2Sc3ccc(Cl)cc3N2C)SC1=NCc1ccccc1. The maximum atomic E-state index is 12.8. The highest BCUT2D eigenvalue weighted by molar-refractivity contribution is 8.19. The number of nitrogens with zero attached hydrogens (tertiary/aromatic N) is 3. The molecule has 0 spiro atoms. The van der Waals surface area contributed by atoms with Gasteiger partial charge in [0.05, 0.1) is 17.3 Å². The van der Waals surface area contributed by atoms with Gasteiger partial charge in [-0.05, 0) is 35.5 Å². The van der Waals surface area contributed by atoms with E-state index in [4.69, 9.17) is 11.6 Å². The second kappa shape index (κ2) is 7.02. The molecule has 1 amide bonds. The van der Waals surface area contributed by atoms with Gasteiger partial charge in [-0.2, -0.15) is 0 Å². The quantitative estimate of drug-likeness (QED) is 0.676. The third kappa shape index (κ3) is 3.13. The molecular weight excluding hydrogens is 386 g/mol. The van der Waals surface area contributed by atoms with Gasteiger partial charge in [0, 0.05) is 24.0 Å². The van der Waals surface area contributed by atoms with Crippen molar-refractivity contribution < 1.29 is 4.79 Å². The first kappa shape index (κ1) is 17.5. The number of anilines is 1. The van der Waals surface area contributed by atoms with Crippen molar-refractivity contribution in [3.8, 4) is 0 Å². The van der Waals surface area contributed by atoms with Crippen LogP contribution in [0.5, 0.6) is 0 Å². The number of hydrogen-bond acceptors (Lipinski definition) is 5. The van der Waals surface area contributed by atoms with Crippen molar-refractivity contribution in [3.05, 3.63) is 69.1 Å². The number of benzene rings is 2. The van der Waals surface area contributed by atoms with Crippen molar-refractivity contribution in [2.24, 2.45) is 4.99 Å². The molecule has 0 atom stereocenters. The fraction of sp³-hybridized carbons (Fsp3) is 0.158. The predicted molar refractivity (Wildman–Crippen MR) is 111 cm³/mol. The van der Waals surface area contributed by atoms with Crippen LogP contribution < -0.4 is 4.90 Å².